The Hall–Kier alpha value is -3.00. The van der Waals surface area contributed by atoms with Crippen molar-refractivity contribution < 1.29 is 28.6 Å². The van der Waals surface area contributed by atoms with Crippen LogP contribution in [0.15, 0.2) is 48.5 Å². The van der Waals surface area contributed by atoms with Crippen LogP contribution in [-0.2, 0) is 16.0 Å². The van der Waals surface area contributed by atoms with Crippen LogP contribution in [0.2, 0.25) is 0 Å². The van der Waals surface area contributed by atoms with E-state index in [-0.39, 0.29) is 29.6 Å². The van der Waals surface area contributed by atoms with Crippen LogP contribution in [-0.4, -0.2) is 47.5 Å². The molecule has 1 saturated heterocycles. The van der Waals surface area contributed by atoms with Gasteiger partial charge in [-0.3, -0.25) is 14.9 Å². The van der Waals surface area contributed by atoms with Gasteiger partial charge in [-0.05, 0) is 62.6 Å². The summed E-state index contributed by atoms with van der Waals surface area (Å²) >= 11 is 1.02. The molecule has 1 fully saturated rings. The van der Waals surface area contributed by atoms with Crippen LogP contribution in [0.1, 0.15) is 37.8 Å². The Labute approximate surface area is 198 Å². The van der Waals surface area contributed by atoms with Crippen molar-refractivity contribution in [3.8, 4) is 11.5 Å². The number of thioether (sulfide) groups is 1. The molecule has 1 unspecified atom stereocenters. The van der Waals surface area contributed by atoms with Crippen molar-refractivity contribution in [2.45, 2.75) is 38.4 Å². The van der Waals surface area contributed by atoms with Gasteiger partial charge < -0.3 is 19.0 Å². The molecule has 0 bridgehead atoms. The molecular weight excluding hydrogens is 442 g/mol. The molecule has 7 nitrogen and oxygen atoms in total. The monoisotopic (exact) mass is 472 g/mol. The van der Waals surface area contributed by atoms with Crippen molar-refractivity contribution in [1.29, 1.82) is 0 Å². The number of esters is 1. The molecule has 1 aliphatic rings. The number of benzene rings is 2. The lowest BCUT2D eigenvalue weighted by atomic mass is 9.97. The van der Waals surface area contributed by atoms with Gasteiger partial charge in [0.05, 0.1) is 18.3 Å². The molecular formula is C25H30NO6S+. The maximum atomic E-state index is 11.8. The molecule has 0 aliphatic carbocycles. The summed E-state index contributed by atoms with van der Waals surface area (Å²) in [4.78, 5) is 33.3. The van der Waals surface area contributed by atoms with E-state index in [0.717, 1.165) is 28.6 Å². The number of hydrogen-bond acceptors (Lipinski definition) is 6. The summed E-state index contributed by atoms with van der Waals surface area (Å²) < 4.78 is 17.0. The van der Waals surface area contributed by atoms with E-state index in [2.05, 4.69) is 5.32 Å². The van der Waals surface area contributed by atoms with Gasteiger partial charge in [0, 0.05) is 0 Å². The first kappa shape index (κ1) is 24.6. The van der Waals surface area contributed by atoms with E-state index in [1.807, 2.05) is 69.3 Å². The fraction of sp³-hybridized carbons (Fsp3) is 0.400. The molecule has 2 N–H and O–H groups in total. The van der Waals surface area contributed by atoms with Crippen molar-refractivity contribution in [3.63, 3.8) is 0 Å². The third-order valence-electron chi connectivity index (χ3n) is 5.19. The Morgan fingerprint density at radius 2 is 1.82 bits per heavy atom. The van der Waals surface area contributed by atoms with Gasteiger partial charge >= 0.3 is 5.97 Å². The van der Waals surface area contributed by atoms with Crippen molar-refractivity contribution in [3.05, 3.63) is 59.7 Å². The number of carbonyl (C=O) groups excluding carboxylic acids is 3. The quantitative estimate of drug-likeness (QED) is 0.431. The molecule has 176 valence electrons. The minimum Gasteiger partial charge on any atom is -0.497 e. The third-order valence-corrected chi connectivity index (χ3v) is 6.17. The fourth-order valence-electron chi connectivity index (χ4n) is 3.19. The molecule has 33 heavy (non-hydrogen) atoms. The van der Waals surface area contributed by atoms with Crippen LogP contribution in [0.5, 0.6) is 11.5 Å². The molecule has 2 aromatic carbocycles. The maximum absolute atomic E-state index is 11.8. The molecule has 0 spiro atoms. The number of amides is 2. The predicted molar refractivity (Wildman–Crippen MR) is 129 cm³/mol. The van der Waals surface area contributed by atoms with Gasteiger partial charge in [0.1, 0.15) is 23.5 Å². The normalized spacial score (nSPS) is 16.8. The minimum atomic E-state index is -0.477. The Kier molecular flexibility index (Phi) is 8.02. The molecule has 2 amide bonds. The largest absolute Gasteiger partial charge is 0.497 e. The number of methoxy groups -OCH3 is 1. The SMILES string of the molecule is COc1cccc([C@H](COC(=[OH+])C(C)(C)C)COc2ccc(CC3SC(=O)NC3=O)cc2)c1. The summed E-state index contributed by atoms with van der Waals surface area (Å²) in [5.41, 5.74) is 1.44. The van der Waals surface area contributed by atoms with E-state index >= 15 is 0 Å². The summed E-state index contributed by atoms with van der Waals surface area (Å²) in [7, 11) is 1.62. The van der Waals surface area contributed by atoms with Crippen molar-refractivity contribution in [1.82, 2.24) is 5.32 Å². The van der Waals surface area contributed by atoms with E-state index in [1.54, 1.807) is 7.11 Å². The average Bonchev–Trinajstić information content (AvgIpc) is 3.10. The second-order valence-corrected chi connectivity index (χ2v) is 10.1. The number of rotatable bonds is 9. The Morgan fingerprint density at radius 1 is 1.09 bits per heavy atom. The molecule has 3 rings (SSSR count). The molecule has 0 radical (unpaired) electrons. The van der Waals surface area contributed by atoms with Crippen LogP contribution in [0.25, 0.3) is 0 Å². The number of ether oxygens (including phenoxy) is 3. The molecule has 0 saturated carbocycles. The zero-order valence-electron chi connectivity index (χ0n) is 19.3. The zero-order chi connectivity index (χ0) is 24.0. The lowest BCUT2D eigenvalue weighted by Crippen LogP contribution is -2.27. The zero-order valence-corrected chi connectivity index (χ0v) is 20.1. The molecule has 8 heteroatoms. The fourth-order valence-corrected chi connectivity index (χ4v) is 4.05. The molecule has 1 aliphatic heterocycles. The molecule has 2 aromatic rings. The lowest BCUT2D eigenvalue weighted by molar-refractivity contribution is -0.118. The predicted octanol–water partition coefficient (Wildman–Crippen LogP) is 4.32. The Bertz CT molecular complexity index is 999. The van der Waals surface area contributed by atoms with Gasteiger partial charge in [-0.25, -0.2) is 0 Å². The van der Waals surface area contributed by atoms with Crippen LogP contribution in [0.4, 0.5) is 4.79 Å². The second kappa shape index (κ2) is 10.7. The summed E-state index contributed by atoms with van der Waals surface area (Å²) in [5, 5.41) is 1.61. The van der Waals surface area contributed by atoms with Gasteiger partial charge in [-0.2, -0.15) is 0 Å². The number of nitrogens with one attached hydrogen (secondary N) is 1. The minimum absolute atomic E-state index is 0.0212. The van der Waals surface area contributed by atoms with Gasteiger partial charge in [0.25, 0.3) is 5.24 Å². The first-order valence-corrected chi connectivity index (χ1v) is 11.6. The van der Waals surface area contributed by atoms with Crippen molar-refractivity contribution in [2.75, 3.05) is 20.3 Å². The first-order valence-electron chi connectivity index (χ1n) is 10.7. The standard InChI is InChI=1S/C25H29NO6S/c1-25(2,3)23(28)32-15-18(17-6-5-7-20(13-17)30-4)14-31-19-10-8-16(9-11-19)12-21-22(27)26-24(29)33-21/h5-11,13,18,21H,12,14-15H2,1-4H3,(H,26,27,29)/p+1/t18-,21?/m0/s1. The second-order valence-electron chi connectivity index (χ2n) is 8.88. The molecule has 0 aromatic heterocycles. The summed E-state index contributed by atoms with van der Waals surface area (Å²) in [5.74, 6) is 0.996. The maximum Gasteiger partial charge on any atom is 0.488 e. The van der Waals surface area contributed by atoms with E-state index in [4.69, 9.17) is 14.2 Å². The number of imide groups is 1. The average molecular weight is 473 g/mol. The van der Waals surface area contributed by atoms with Crippen LogP contribution in [0.3, 0.4) is 0 Å². The summed E-state index contributed by atoms with van der Waals surface area (Å²) in [6.45, 7) is 6.22. The van der Waals surface area contributed by atoms with E-state index in [1.165, 1.54) is 0 Å². The van der Waals surface area contributed by atoms with Gasteiger partial charge in [0.15, 0.2) is 6.61 Å². The smallest absolute Gasteiger partial charge is 0.488 e. The Balaban J connectivity index is 1.64. The highest BCUT2D eigenvalue weighted by Gasteiger charge is 2.33. The highest BCUT2D eigenvalue weighted by Crippen LogP contribution is 2.26. The van der Waals surface area contributed by atoms with Crippen LogP contribution >= 0.6 is 11.8 Å². The third kappa shape index (κ3) is 6.99. The van der Waals surface area contributed by atoms with E-state index < -0.39 is 10.7 Å². The van der Waals surface area contributed by atoms with Gasteiger partial charge in [0.2, 0.25) is 5.91 Å². The highest BCUT2D eigenvalue weighted by molar-refractivity contribution is 8.15. The first-order chi connectivity index (χ1) is 15.7. The summed E-state index contributed by atoms with van der Waals surface area (Å²) in [6.07, 6.45) is 0.477. The number of carbonyl (C=O) groups is 2. The highest BCUT2D eigenvalue weighted by atomic mass is 32.2. The van der Waals surface area contributed by atoms with Crippen molar-refractivity contribution >= 4 is 28.9 Å². The number of hydrogen-bond donors (Lipinski definition) is 1. The van der Waals surface area contributed by atoms with Gasteiger partial charge in [-0.15, -0.1) is 0 Å². The Morgan fingerprint density at radius 3 is 2.42 bits per heavy atom. The van der Waals surface area contributed by atoms with E-state index in [0.29, 0.717) is 18.8 Å². The van der Waals surface area contributed by atoms with Crippen LogP contribution < -0.4 is 14.8 Å². The topological polar surface area (TPSA) is 95.3 Å². The van der Waals surface area contributed by atoms with Crippen molar-refractivity contribution in [2.24, 2.45) is 5.41 Å². The lowest BCUT2D eigenvalue weighted by Gasteiger charge is -2.18. The van der Waals surface area contributed by atoms with Gasteiger partial charge in [-0.1, -0.05) is 36.0 Å². The summed E-state index contributed by atoms with van der Waals surface area (Å²) in [6, 6.07) is 15.2. The van der Waals surface area contributed by atoms with E-state index in [9.17, 15) is 14.4 Å². The molecule has 2 atom stereocenters. The van der Waals surface area contributed by atoms with Crippen LogP contribution in [0, 0.1) is 5.41 Å². The molecule has 1 heterocycles.